The van der Waals surface area contributed by atoms with E-state index in [2.05, 4.69) is 0 Å². The van der Waals surface area contributed by atoms with Crippen molar-refractivity contribution in [3.63, 3.8) is 0 Å². The summed E-state index contributed by atoms with van der Waals surface area (Å²) in [6, 6.07) is 4.44. The molecule has 0 aliphatic heterocycles. The van der Waals surface area contributed by atoms with E-state index in [1.807, 2.05) is 0 Å². The van der Waals surface area contributed by atoms with Crippen LogP contribution in [0.1, 0.15) is 29.6 Å². The van der Waals surface area contributed by atoms with Gasteiger partial charge < -0.3 is 4.90 Å². The van der Waals surface area contributed by atoms with Crippen molar-refractivity contribution in [1.29, 1.82) is 0 Å². The van der Waals surface area contributed by atoms with Gasteiger partial charge in [0, 0.05) is 18.5 Å². The number of hydrogen-bond acceptors (Lipinski definition) is 1. The maximum Gasteiger partial charge on any atom is 0.258 e. The molecule has 2 nitrogen and oxygen atoms in total. The van der Waals surface area contributed by atoms with E-state index < -0.39 is 5.82 Å². The van der Waals surface area contributed by atoms with Crippen LogP contribution in [0.15, 0.2) is 18.2 Å². The van der Waals surface area contributed by atoms with E-state index in [1.165, 1.54) is 18.2 Å². The third-order valence-corrected chi connectivity index (χ3v) is 3.76. The highest BCUT2D eigenvalue weighted by Crippen LogP contribution is 2.28. The number of rotatable bonds is 4. The van der Waals surface area contributed by atoms with E-state index in [1.54, 1.807) is 4.90 Å². The molecule has 1 aliphatic rings. The predicted molar refractivity (Wildman–Crippen MR) is 70.8 cm³/mol. The number of nitrogens with zero attached hydrogens (tertiary/aromatic N) is 1. The normalized spacial score (nSPS) is 15.3. The van der Waals surface area contributed by atoms with E-state index in [0.717, 1.165) is 19.3 Å². The van der Waals surface area contributed by atoms with Crippen LogP contribution in [-0.4, -0.2) is 29.3 Å². The van der Waals surface area contributed by atoms with E-state index in [-0.39, 0.29) is 22.5 Å². The molecule has 5 heteroatoms. The van der Waals surface area contributed by atoms with Gasteiger partial charge in [-0.2, -0.15) is 0 Å². The molecular weight excluding hydrogens is 276 g/mol. The summed E-state index contributed by atoms with van der Waals surface area (Å²) in [5.41, 5.74) is -0.0452. The van der Waals surface area contributed by atoms with Crippen LogP contribution in [0.3, 0.4) is 0 Å². The number of amides is 1. The molecular formula is C13H14Cl2FNO. The van der Waals surface area contributed by atoms with Crippen molar-refractivity contribution in [3.05, 3.63) is 34.6 Å². The predicted octanol–water partition coefficient (Wildman–Crippen LogP) is 3.71. The number of benzene rings is 1. The molecule has 1 saturated carbocycles. The van der Waals surface area contributed by atoms with Gasteiger partial charge in [0.1, 0.15) is 5.82 Å². The Kier molecular flexibility index (Phi) is 4.46. The minimum atomic E-state index is -0.577. The maximum atomic E-state index is 13.7. The second kappa shape index (κ2) is 5.89. The van der Waals surface area contributed by atoms with Gasteiger partial charge >= 0.3 is 0 Å². The molecule has 0 bridgehead atoms. The summed E-state index contributed by atoms with van der Waals surface area (Å²) in [5.74, 6) is -0.594. The summed E-state index contributed by atoms with van der Waals surface area (Å²) in [4.78, 5) is 14.0. The first-order valence-corrected chi connectivity index (χ1v) is 6.87. The molecule has 0 spiro atoms. The highest BCUT2D eigenvalue weighted by molar-refractivity contribution is 6.33. The lowest BCUT2D eigenvalue weighted by atomic mass is 9.91. The van der Waals surface area contributed by atoms with Crippen molar-refractivity contribution in [2.24, 2.45) is 0 Å². The molecule has 1 fully saturated rings. The first-order valence-electron chi connectivity index (χ1n) is 5.96. The Labute approximate surface area is 116 Å². The van der Waals surface area contributed by atoms with Crippen LogP contribution in [0.25, 0.3) is 0 Å². The molecule has 18 heavy (non-hydrogen) atoms. The van der Waals surface area contributed by atoms with Gasteiger partial charge in [0.15, 0.2) is 0 Å². The zero-order chi connectivity index (χ0) is 13.1. The van der Waals surface area contributed by atoms with Gasteiger partial charge in [0.25, 0.3) is 5.91 Å². The van der Waals surface area contributed by atoms with Gasteiger partial charge in [-0.1, -0.05) is 17.7 Å². The summed E-state index contributed by atoms with van der Waals surface area (Å²) in [6.45, 7) is 0.426. The molecule has 0 saturated heterocycles. The van der Waals surface area contributed by atoms with Crippen molar-refractivity contribution < 1.29 is 9.18 Å². The monoisotopic (exact) mass is 289 g/mol. The molecule has 0 radical (unpaired) electrons. The highest BCUT2D eigenvalue weighted by atomic mass is 35.5. The lowest BCUT2D eigenvalue weighted by Gasteiger charge is -2.37. The minimum Gasteiger partial charge on any atom is -0.334 e. The molecule has 2 rings (SSSR count). The van der Waals surface area contributed by atoms with Crippen LogP contribution in [0.4, 0.5) is 4.39 Å². The van der Waals surface area contributed by atoms with Gasteiger partial charge in [0.2, 0.25) is 0 Å². The number of halogens is 3. The van der Waals surface area contributed by atoms with Crippen molar-refractivity contribution in [1.82, 2.24) is 4.90 Å². The van der Waals surface area contributed by atoms with Crippen LogP contribution in [0.2, 0.25) is 5.02 Å². The average molecular weight is 290 g/mol. The first-order chi connectivity index (χ1) is 8.65. The van der Waals surface area contributed by atoms with E-state index in [4.69, 9.17) is 23.2 Å². The Balaban J connectivity index is 2.27. The molecule has 1 aliphatic carbocycles. The highest BCUT2D eigenvalue weighted by Gasteiger charge is 2.31. The standard InChI is InChI=1S/C13H14Cl2FNO/c14-7-8-17(9-3-1-4-9)13(18)12-10(15)5-2-6-11(12)16/h2,5-6,9H,1,3-4,7-8H2. The van der Waals surface area contributed by atoms with Crippen molar-refractivity contribution >= 4 is 29.1 Å². The molecule has 0 aromatic heterocycles. The largest absolute Gasteiger partial charge is 0.334 e. The topological polar surface area (TPSA) is 20.3 Å². The van der Waals surface area contributed by atoms with E-state index >= 15 is 0 Å². The SMILES string of the molecule is O=C(c1c(F)cccc1Cl)N(CCCl)C1CCC1. The third-order valence-electron chi connectivity index (χ3n) is 3.28. The summed E-state index contributed by atoms with van der Waals surface area (Å²) in [6.07, 6.45) is 3.01. The van der Waals surface area contributed by atoms with Gasteiger partial charge in [-0.25, -0.2) is 4.39 Å². The van der Waals surface area contributed by atoms with Crippen LogP contribution < -0.4 is 0 Å². The van der Waals surface area contributed by atoms with E-state index in [0.29, 0.717) is 12.4 Å². The van der Waals surface area contributed by atoms with Crippen molar-refractivity contribution in [3.8, 4) is 0 Å². The van der Waals surface area contributed by atoms with Crippen LogP contribution in [-0.2, 0) is 0 Å². The second-order valence-corrected chi connectivity index (χ2v) is 5.15. The smallest absolute Gasteiger partial charge is 0.258 e. The quantitative estimate of drug-likeness (QED) is 0.774. The van der Waals surface area contributed by atoms with E-state index in [9.17, 15) is 9.18 Å². The third kappa shape index (κ3) is 2.62. The molecule has 1 amide bonds. The zero-order valence-corrected chi connectivity index (χ0v) is 11.3. The second-order valence-electron chi connectivity index (χ2n) is 4.37. The van der Waals surface area contributed by atoms with Crippen molar-refractivity contribution in [2.45, 2.75) is 25.3 Å². The number of hydrogen-bond donors (Lipinski definition) is 0. The average Bonchev–Trinajstić information content (AvgIpc) is 2.25. The maximum absolute atomic E-state index is 13.7. The Bertz CT molecular complexity index is 428. The Morgan fingerprint density at radius 1 is 1.44 bits per heavy atom. The molecule has 0 atom stereocenters. The van der Waals surface area contributed by atoms with Crippen molar-refractivity contribution in [2.75, 3.05) is 12.4 Å². The molecule has 0 heterocycles. The molecule has 1 aromatic rings. The number of alkyl halides is 1. The first kappa shape index (κ1) is 13.6. The lowest BCUT2D eigenvalue weighted by Crippen LogP contribution is -2.45. The van der Waals surface area contributed by atoms with Crippen LogP contribution >= 0.6 is 23.2 Å². The summed E-state index contributed by atoms with van der Waals surface area (Å²) < 4.78 is 13.7. The summed E-state index contributed by atoms with van der Waals surface area (Å²) >= 11 is 11.6. The summed E-state index contributed by atoms with van der Waals surface area (Å²) in [5, 5.41) is 0.152. The zero-order valence-electron chi connectivity index (χ0n) is 9.83. The fraction of sp³-hybridized carbons (Fsp3) is 0.462. The summed E-state index contributed by atoms with van der Waals surface area (Å²) in [7, 11) is 0. The molecule has 0 unspecified atom stereocenters. The fourth-order valence-corrected chi connectivity index (χ4v) is 2.51. The van der Waals surface area contributed by atoms with Gasteiger partial charge in [-0.3, -0.25) is 4.79 Å². The van der Waals surface area contributed by atoms with Gasteiger partial charge in [0.05, 0.1) is 10.6 Å². The minimum absolute atomic E-state index is 0.0452. The van der Waals surface area contributed by atoms with Gasteiger partial charge in [-0.05, 0) is 31.4 Å². The number of carbonyl (C=O) groups excluding carboxylic acids is 1. The van der Waals surface area contributed by atoms with Crippen LogP contribution in [0, 0.1) is 5.82 Å². The number of carbonyl (C=O) groups is 1. The van der Waals surface area contributed by atoms with Gasteiger partial charge in [-0.15, -0.1) is 11.6 Å². The molecule has 1 aromatic carbocycles. The Hall–Kier alpha value is -0.800. The molecule has 98 valence electrons. The fourth-order valence-electron chi connectivity index (χ4n) is 2.09. The van der Waals surface area contributed by atoms with Crippen LogP contribution in [0.5, 0.6) is 0 Å². The lowest BCUT2D eigenvalue weighted by molar-refractivity contribution is 0.0593. The Morgan fingerprint density at radius 3 is 2.67 bits per heavy atom. The Morgan fingerprint density at radius 2 is 2.17 bits per heavy atom. The molecule has 0 N–H and O–H groups in total.